The molecule has 1 N–H and O–H groups in total. The number of amides is 1. The zero-order valence-corrected chi connectivity index (χ0v) is 11.6. The summed E-state index contributed by atoms with van der Waals surface area (Å²) in [7, 11) is 0. The fourth-order valence-corrected chi connectivity index (χ4v) is 2.94. The third-order valence-electron chi connectivity index (χ3n) is 3.10. The van der Waals surface area contributed by atoms with E-state index in [1.807, 2.05) is 0 Å². The molecule has 0 aliphatic carbocycles. The molecule has 20 heavy (non-hydrogen) atoms. The molecule has 1 aromatic heterocycles. The molecule has 0 radical (unpaired) electrons. The summed E-state index contributed by atoms with van der Waals surface area (Å²) in [5.74, 6) is -2.90. The maximum absolute atomic E-state index is 12.4. The van der Waals surface area contributed by atoms with Crippen molar-refractivity contribution in [3.63, 3.8) is 0 Å². The molecular formula is C14H8ClNO3S. The Bertz CT molecular complexity index is 724. The predicted molar refractivity (Wildman–Crippen MR) is 76.6 cm³/mol. The van der Waals surface area contributed by atoms with Crippen LogP contribution >= 0.6 is 22.9 Å². The van der Waals surface area contributed by atoms with E-state index < -0.39 is 23.4 Å². The molecule has 1 aromatic carbocycles. The molecule has 6 heteroatoms. The van der Waals surface area contributed by atoms with Crippen molar-refractivity contribution in [1.29, 1.82) is 0 Å². The van der Waals surface area contributed by atoms with Gasteiger partial charge in [-0.3, -0.25) is 14.4 Å². The number of Topliss-reactive ketones (excluding diaryl/α,β-unsaturated/α-hetero) is 2. The Morgan fingerprint density at radius 1 is 1.25 bits per heavy atom. The van der Waals surface area contributed by atoms with Crippen LogP contribution < -0.4 is 5.32 Å². The van der Waals surface area contributed by atoms with Gasteiger partial charge in [0, 0.05) is 21.5 Å². The second kappa shape index (κ2) is 4.85. The Balaban J connectivity index is 2.03. The summed E-state index contributed by atoms with van der Waals surface area (Å²) in [5.41, 5.74) is 1.03. The fraction of sp³-hybridized carbons (Fsp3) is 0.0714. The van der Waals surface area contributed by atoms with Crippen molar-refractivity contribution in [2.24, 2.45) is 5.92 Å². The van der Waals surface area contributed by atoms with Crippen LogP contribution in [0, 0.1) is 5.92 Å². The molecule has 2 heterocycles. The lowest BCUT2D eigenvalue weighted by Gasteiger charge is -2.22. The van der Waals surface area contributed by atoms with Crippen molar-refractivity contribution in [1.82, 2.24) is 0 Å². The van der Waals surface area contributed by atoms with Gasteiger partial charge >= 0.3 is 0 Å². The van der Waals surface area contributed by atoms with Gasteiger partial charge in [0.2, 0.25) is 5.91 Å². The zero-order chi connectivity index (χ0) is 14.3. The van der Waals surface area contributed by atoms with Crippen molar-refractivity contribution in [2.45, 2.75) is 0 Å². The highest BCUT2D eigenvalue weighted by atomic mass is 35.5. The van der Waals surface area contributed by atoms with Crippen molar-refractivity contribution in [3.05, 3.63) is 51.2 Å². The minimum Gasteiger partial charge on any atom is -0.324 e. The number of benzene rings is 1. The van der Waals surface area contributed by atoms with Crippen LogP contribution in [0.5, 0.6) is 0 Å². The number of ketones is 2. The van der Waals surface area contributed by atoms with Crippen LogP contribution in [0.25, 0.3) is 0 Å². The lowest BCUT2D eigenvalue weighted by atomic mass is 9.86. The lowest BCUT2D eigenvalue weighted by Crippen LogP contribution is -2.40. The second-order valence-electron chi connectivity index (χ2n) is 4.35. The molecule has 1 aliphatic rings. The lowest BCUT2D eigenvalue weighted by molar-refractivity contribution is -0.117. The number of hydrogen-bond donors (Lipinski definition) is 1. The smallest absolute Gasteiger partial charge is 0.243 e. The minimum absolute atomic E-state index is 0.308. The first-order valence-electron chi connectivity index (χ1n) is 5.79. The summed E-state index contributed by atoms with van der Waals surface area (Å²) in [6.45, 7) is 0. The van der Waals surface area contributed by atoms with Crippen molar-refractivity contribution in [2.75, 3.05) is 5.32 Å². The maximum atomic E-state index is 12.4. The minimum atomic E-state index is -1.32. The zero-order valence-electron chi connectivity index (χ0n) is 10.1. The molecule has 3 rings (SSSR count). The van der Waals surface area contributed by atoms with E-state index in [4.69, 9.17) is 11.6 Å². The highest BCUT2D eigenvalue weighted by molar-refractivity contribution is 7.08. The summed E-state index contributed by atoms with van der Waals surface area (Å²) in [4.78, 5) is 36.6. The molecule has 0 bridgehead atoms. The van der Waals surface area contributed by atoms with E-state index in [9.17, 15) is 14.4 Å². The van der Waals surface area contributed by atoms with Gasteiger partial charge in [0.1, 0.15) is 0 Å². The number of anilines is 1. The third kappa shape index (κ3) is 2.05. The highest BCUT2D eigenvalue weighted by Crippen LogP contribution is 2.30. The van der Waals surface area contributed by atoms with Gasteiger partial charge in [-0.05, 0) is 29.6 Å². The normalized spacial score (nSPS) is 17.6. The van der Waals surface area contributed by atoms with Gasteiger partial charge in [-0.1, -0.05) is 11.6 Å². The predicted octanol–water partition coefficient (Wildman–Crippen LogP) is 3.04. The molecule has 0 spiro atoms. The van der Waals surface area contributed by atoms with E-state index in [-0.39, 0.29) is 0 Å². The van der Waals surface area contributed by atoms with Gasteiger partial charge < -0.3 is 5.32 Å². The number of halogens is 1. The first kappa shape index (κ1) is 13.0. The first-order valence-corrected chi connectivity index (χ1v) is 7.11. The van der Waals surface area contributed by atoms with Crippen LogP contribution in [0.1, 0.15) is 20.7 Å². The monoisotopic (exact) mass is 305 g/mol. The Morgan fingerprint density at radius 2 is 2.05 bits per heavy atom. The number of hydrogen-bond acceptors (Lipinski definition) is 4. The molecule has 4 nitrogen and oxygen atoms in total. The second-order valence-corrected chi connectivity index (χ2v) is 5.57. The topological polar surface area (TPSA) is 63.2 Å². The summed E-state index contributed by atoms with van der Waals surface area (Å²) in [6, 6.07) is 6.18. The van der Waals surface area contributed by atoms with Crippen molar-refractivity contribution < 1.29 is 14.4 Å². The van der Waals surface area contributed by atoms with E-state index >= 15 is 0 Å². The number of fused-ring (bicyclic) bond motifs is 1. The fourth-order valence-electron chi connectivity index (χ4n) is 2.12. The maximum Gasteiger partial charge on any atom is 0.243 e. The number of carbonyl (C=O) groups excluding carboxylic acids is 3. The van der Waals surface area contributed by atoms with E-state index in [1.54, 1.807) is 22.9 Å². The quantitative estimate of drug-likeness (QED) is 0.685. The summed E-state index contributed by atoms with van der Waals surface area (Å²) in [6.07, 6.45) is 0. The van der Waals surface area contributed by atoms with Crippen molar-refractivity contribution >= 4 is 46.1 Å². The molecule has 0 saturated carbocycles. The van der Waals surface area contributed by atoms with Crippen LogP contribution in [0.3, 0.4) is 0 Å². The SMILES string of the molecule is O=C1Nc2cc(Cl)ccc2C(=O)C1C(=O)c1ccsc1. The molecule has 2 aromatic rings. The standard InChI is InChI=1S/C14H8ClNO3S/c15-8-1-2-9-10(5-8)16-14(19)11(13(9)18)12(17)7-3-4-20-6-7/h1-6,11H,(H,16,19). The summed E-state index contributed by atoms with van der Waals surface area (Å²) < 4.78 is 0. The average molecular weight is 306 g/mol. The van der Waals surface area contributed by atoms with Gasteiger partial charge in [-0.25, -0.2) is 0 Å². The molecule has 0 fully saturated rings. The molecule has 1 aliphatic heterocycles. The van der Waals surface area contributed by atoms with E-state index in [0.29, 0.717) is 21.8 Å². The van der Waals surface area contributed by atoms with E-state index in [0.717, 1.165) is 0 Å². The molecule has 1 amide bonds. The summed E-state index contributed by atoms with van der Waals surface area (Å²) >= 11 is 7.16. The molecular weight excluding hydrogens is 298 g/mol. The van der Waals surface area contributed by atoms with Gasteiger partial charge in [0.05, 0.1) is 5.69 Å². The van der Waals surface area contributed by atoms with Crippen LogP contribution in [0.2, 0.25) is 5.02 Å². The third-order valence-corrected chi connectivity index (χ3v) is 4.02. The van der Waals surface area contributed by atoms with Crippen LogP contribution in [-0.4, -0.2) is 17.5 Å². The van der Waals surface area contributed by atoms with Gasteiger partial charge in [0.15, 0.2) is 17.5 Å². The van der Waals surface area contributed by atoms with E-state index in [2.05, 4.69) is 5.32 Å². The average Bonchev–Trinajstić information content (AvgIpc) is 2.91. The first-order chi connectivity index (χ1) is 9.58. The summed E-state index contributed by atoms with van der Waals surface area (Å²) in [5, 5.41) is 6.33. The molecule has 0 saturated heterocycles. The Morgan fingerprint density at radius 3 is 2.75 bits per heavy atom. The number of nitrogens with one attached hydrogen (secondary N) is 1. The highest BCUT2D eigenvalue weighted by Gasteiger charge is 2.40. The van der Waals surface area contributed by atoms with Crippen LogP contribution in [-0.2, 0) is 4.79 Å². The van der Waals surface area contributed by atoms with Gasteiger partial charge in [0.25, 0.3) is 0 Å². The van der Waals surface area contributed by atoms with Crippen LogP contribution in [0.4, 0.5) is 5.69 Å². The number of rotatable bonds is 2. The molecule has 100 valence electrons. The van der Waals surface area contributed by atoms with Crippen molar-refractivity contribution in [3.8, 4) is 0 Å². The van der Waals surface area contributed by atoms with Gasteiger partial charge in [-0.15, -0.1) is 0 Å². The largest absolute Gasteiger partial charge is 0.324 e. The number of carbonyl (C=O) groups is 3. The Hall–Kier alpha value is -1.98. The van der Waals surface area contributed by atoms with E-state index in [1.165, 1.54) is 23.5 Å². The Labute approximate surface area is 123 Å². The number of thiophene rings is 1. The van der Waals surface area contributed by atoms with Gasteiger partial charge in [-0.2, -0.15) is 11.3 Å². The van der Waals surface area contributed by atoms with Crippen LogP contribution in [0.15, 0.2) is 35.0 Å². The molecule has 1 atom stereocenters. The Kier molecular flexibility index (Phi) is 3.16. The molecule has 1 unspecified atom stereocenters.